The minimum absolute atomic E-state index is 0.0290. The number of hydrogen-bond donors (Lipinski definition) is 6. The van der Waals surface area contributed by atoms with Gasteiger partial charge in [-0.05, 0) is 113 Å². The van der Waals surface area contributed by atoms with Crippen molar-refractivity contribution in [3.8, 4) is 17.6 Å². The number of amides is 7. The van der Waals surface area contributed by atoms with Crippen LogP contribution >= 0.6 is 0 Å². The highest BCUT2D eigenvalue weighted by Gasteiger charge is 2.20. The minimum Gasteiger partial charge on any atom is -0.507 e. The predicted molar refractivity (Wildman–Crippen MR) is 235 cm³/mol. The second kappa shape index (κ2) is 19.2. The van der Waals surface area contributed by atoms with Crippen LogP contribution in [0.1, 0.15) is 53.3 Å². The average Bonchev–Trinajstić information content (AvgIpc) is 3.29. The average molecular weight is 827 g/mol. The van der Waals surface area contributed by atoms with Gasteiger partial charge in [-0.2, -0.15) is 10.4 Å². The molecule has 62 heavy (non-hydrogen) atoms. The molecule has 1 heterocycles. The summed E-state index contributed by atoms with van der Waals surface area (Å²) in [6, 6.07) is 36.2. The van der Waals surface area contributed by atoms with Crippen LogP contribution in [0.15, 0.2) is 139 Å². The van der Waals surface area contributed by atoms with Crippen LogP contribution in [-0.4, -0.2) is 58.2 Å². The molecule has 7 amide bonds. The molecule has 6 N–H and O–H groups in total. The number of nitrogens with zero attached hydrogens (tertiary/aromatic N) is 4. The number of carbonyl (C=O) groups excluding carboxylic acids is 5. The normalized spacial score (nSPS) is 10.5. The van der Waals surface area contributed by atoms with E-state index in [2.05, 4.69) is 31.5 Å². The molecule has 0 aliphatic rings. The molecule has 0 fully saturated rings. The number of hydrazone groups is 1. The third-order valence-corrected chi connectivity index (χ3v) is 9.58. The molecule has 0 unspecified atom stereocenters. The maximum atomic E-state index is 12.6. The first-order chi connectivity index (χ1) is 29.8. The number of rotatable bonds is 7. The highest BCUT2D eigenvalue weighted by molar-refractivity contribution is 6.12. The molecule has 0 saturated heterocycles. The van der Waals surface area contributed by atoms with Crippen LogP contribution in [0.3, 0.4) is 0 Å². The monoisotopic (exact) mass is 826 g/mol. The molecule has 15 heteroatoms. The number of urea groups is 2. The van der Waals surface area contributed by atoms with Gasteiger partial charge in [0.25, 0.3) is 17.7 Å². The molecule has 0 atom stereocenters. The molecule has 6 aromatic carbocycles. The van der Waals surface area contributed by atoms with Crippen molar-refractivity contribution in [3.63, 3.8) is 0 Å². The SMILES string of the molecule is Cc1c(O)c(C(=O)N/N=C\c2cccc(C#N)c2)cc2ccccc12.Cc1c(O)c(C(=O)NC(=O)Nc2ccc(C(=O)NC(=O)N(C)c3ccccn3)cc2)cc2ccccc12. The predicted octanol–water partition coefficient (Wildman–Crippen LogP) is 7.69. The molecule has 0 bridgehead atoms. The van der Waals surface area contributed by atoms with Crippen LogP contribution in [0.25, 0.3) is 21.5 Å². The summed E-state index contributed by atoms with van der Waals surface area (Å²) in [7, 11) is 1.48. The summed E-state index contributed by atoms with van der Waals surface area (Å²) in [5.41, 5.74) is 5.41. The lowest BCUT2D eigenvalue weighted by Gasteiger charge is -2.16. The Balaban J connectivity index is 0.000000223. The summed E-state index contributed by atoms with van der Waals surface area (Å²) in [4.78, 5) is 67.3. The van der Waals surface area contributed by atoms with Gasteiger partial charge < -0.3 is 15.5 Å². The van der Waals surface area contributed by atoms with E-state index in [-0.39, 0.29) is 28.2 Å². The molecule has 0 spiro atoms. The zero-order chi connectivity index (χ0) is 44.3. The van der Waals surface area contributed by atoms with E-state index in [4.69, 9.17) is 5.26 Å². The van der Waals surface area contributed by atoms with Gasteiger partial charge in [-0.15, -0.1) is 0 Å². The first-order valence-electron chi connectivity index (χ1n) is 18.8. The van der Waals surface area contributed by atoms with Gasteiger partial charge in [-0.3, -0.25) is 29.9 Å². The summed E-state index contributed by atoms with van der Waals surface area (Å²) in [5, 5.41) is 43.8. The fraction of sp³-hybridized carbons (Fsp3) is 0.0638. The lowest BCUT2D eigenvalue weighted by Crippen LogP contribution is -2.41. The van der Waals surface area contributed by atoms with Crippen molar-refractivity contribution in [1.29, 1.82) is 5.26 Å². The lowest BCUT2D eigenvalue weighted by molar-refractivity contribution is 0.0946. The van der Waals surface area contributed by atoms with Gasteiger partial charge in [0.15, 0.2) is 0 Å². The van der Waals surface area contributed by atoms with E-state index in [9.17, 15) is 34.2 Å². The largest absolute Gasteiger partial charge is 0.507 e. The van der Waals surface area contributed by atoms with Crippen molar-refractivity contribution >= 4 is 69.0 Å². The Morgan fingerprint density at radius 2 is 1.29 bits per heavy atom. The number of nitrogens with one attached hydrogen (secondary N) is 4. The number of pyridine rings is 1. The second-order valence-electron chi connectivity index (χ2n) is 13.7. The number of anilines is 2. The first-order valence-corrected chi connectivity index (χ1v) is 18.8. The molecule has 0 radical (unpaired) electrons. The lowest BCUT2D eigenvalue weighted by atomic mass is 10.00. The quantitative estimate of drug-likeness (QED) is 0.0683. The first kappa shape index (κ1) is 42.7. The summed E-state index contributed by atoms with van der Waals surface area (Å²) in [6.45, 7) is 3.46. The Kier molecular flexibility index (Phi) is 13.2. The highest BCUT2D eigenvalue weighted by atomic mass is 16.3. The Morgan fingerprint density at radius 3 is 1.89 bits per heavy atom. The fourth-order valence-corrected chi connectivity index (χ4v) is 6.24. The van der Waals surface area contributed by atoms with E-state index in [1.165, 1.54) is 54.7 Å². The number of phenols is 2. The van der Waals surface area contributed by atoms with Gasteiger partial charge >= 0.3 is 12.1 Å². The van der Waals surface area contributed by atoms with Crippen LogP contribution < -0.4 is 26.3 Å². The van der Waals surface area contributed by atoms with Crippen molar-refractivity contribution in [2.24, 2.45) is 5.10 Å². The molecule has 308 valence electrons. The van der Waals surface area contributed by atoms with E-state index in [1.54, 1.807) is 68.4 Å². The molecule has 15 nitrogen and oxygen atoms in total. The van der Waals surface area contributed by atoms with Crippen molar-refractivity contribution in [2.45, 2.75) is 13.8 Å². The number of fused-ring (bicyclic) bond motifs is 2. The smallest absolute Gasteiger partial charge is 0.329 e. The van der Waals surface area contributed by atoms with Gasteiger partial charge in [0, 0.05) is 24.5 Å². The zero-order valence-electron chi connectivity index (χ0n) is 33.5. The molecular formula is C47H38N8O7. The Morgan fingerprint density at radius 1 is 0.694 bits per heavy atom. The topological polar surface area (TPSA) is 226 Å². The number of aromatic hydroxyl groups is 2. The molecule has 0 aliphatic carbocycles. The van der Waals surface area contributed by atoms with Crippen molar-refractivity contribution in [3.05, 3.63) is 173 Å². The van der Waals surface area contributed by atoms with Gasteiger partial charge in [0.2, 0.25) is 0 Å². The number of aromatic nitrogens is 1. The van der Waals surface area contributed by atoms with Crippen LogP contribution in [0.4, 0.5) is 21.1 Å². The Hall–Kier alpha value is -8.90. The van der Waals surface area contributed by atoms with Crippen molar-refractivity contribution in [2.75, 3.05) is 17.3 Å². The Bertz CT molecular complexity index is 2930. The molecule has 1 aromatic heterocycles. The maximum absolute atomic E-state index is 12.6. The molecule has 0 aliphatic heterocycles. The van der Waals surface area contributed by atoms with Crippen molar-refractivity contribution < 1.29 is 34.2 Å². The number of carbonyl (C=O) groups is 5. The van der Waals surface area contributed by atoms with E-state index >= 15 is 0 Å². The number of imide groups is 2. The van der Waals surface area contributed by atoms with E-state index in [1.807, 2.05) is 48.5 Å². The number of hydrogen-bond acceptors (Lipinski definition) is 10. The van der Waals surface area contributed by atoms with Crippen LogP contribution in [0, 0.1) is 25.2 Å². The zero-order valence-corrected chi connectivity index (χ0v) is 33.5. The van der Waals surface area contributed by atoms with Gasteiger partial charge in [-0.25, -0.2) is 20.0 Å². The summed E-state index contributed by atoms with van der Waals surface area (Å²) in [6.07, 6.45) is 2.98. The number of aryl methyl sites for hydroxylation is 2. The van der Waals surface area contributed by atoms with Gasteiger partial charge in [0.05, 0.1) is 29.0 Å². The summed E-state index contributed by atoms with van der Waals surface area (Å²) >= 11 is 0. The minimum atomic E-state index is -0.820. The summed E-state index contributed by atoms with van der Waals surface area (Å²) in [5.74, 6) is -1.80. The molecule has 0 saturated carbocycles. The van der Waals surface area contributed by atoms with E-state index in [0.717, 1.165) is 21.5 Å². The van der Waals surface area contributed by atoms with Gasteiger partial charge in [0.1, 0.15) is 17.3 Å². The number of benzene rings is 6. The molecule has 7 aromatic rings. The molecular weight excluding hydrogens is 789 g/mol. The summed E-state index contributed by atoms with van der Waals surface area (Å²) < 4.78 is 0. The Labute approximate surface area is 355 Å². The van der Waals surface area contributed by atoms with Crippen LogP contribution in [0.5, 0.6) is 11.5 Å². The standard InChI is InChI=1S/C27H23N5O5.C20H15N3O2/c1-16-20-8-4-3-7-18(20)15-21(23(16)33)25(35)30-26(36)29-19-12-10-17(11-13-19)24(34)31-27(37)32(2)22-9-5-6-14-28-22;1-13-17-8-3-2-7-16(17)10-18(19(13)24)20(25)23-22-12-15-6-4-5-14(9-15)11-21/h3-15,33H,1-2H3,(H,31,34,37)(H2,29,30,35,36);2-10,12,24H,1H3,(H,23,25)/b;22-12-. The van der Waals surface area contributed by atoms with E-state index in [0.29, 0.717) is 33.8 Å². The third kappa shape index (κ3) is 10.0. The second-order valence-corrected chi connectivity index (χ2v) is 13.7. The third-order valence-electron chi connectivity index (χ3n) is 9.58. The molecule has 7 rings (SSSR count). The fourth-order valence-electron chi connectivity index (χ4n) is 6.24. The maximum Gasteiger partial charge on any atom is 0.329 e. The van der Waals surface area contributed by atoms with Crippen molar-refractivity contribution in [1.82, 2.24) is 21.0 Å². The van der Waals surface area contributed by atoms with Crippen LogP contribution in [0.2, 0.25) is 0 Å². The van der Waals surface area contributed by atoms with Gasteiger partial charge in [-0.1, -0.05) is 66.7 Å². The highest BCUT2D eigenvalue weighted by Crippen LogP contribution is 2.31. The number of nitriles is 1. The van der Waals surface area contributed by atoms with E-state index < -0.39 is 29.8 Å². The number of phenolic OH excluding ortho intramolecular Hbond substituents is 2. The van der Waals surface area contributed by atoms with Crippen LogP contribution in [-0.2, 0) is 0 Å².